The van der Waals surface area contributed by atoms with Crippen molar-refractivity contribution in [2.75, 3.05) is 19.7 Å². The number of nitrogens with one attached hydrogen (secondary N) is 1. The maximum absolute atomic E-state index is 11.4. The smallest absolute Gasteiger partial charge is 0.220 e. The van der Waals surface area contributed by atoms with Crippen LogP contribution in [0.1, 0.15) is 31.4 Å². The van der Waals surface area contributed by atoms with Crippen LogP contribution in [0, 0.1) is 5.92 Å². The molecule has 4 nitrogen and oxygen atoms in total. The summed E-state index contributed by atoms with van der Waals surface area (Å²) in [6.07, 6.45) is 0.665. The highest BCUT2D eigenvalue weighted by Gasteiger charge is 2.40. The van der Waals surface area contributed by atoms with Crippen molar-refractivity contribution >= 4 is 17.5 Å². The summed E-state index contributed by atoms with van der Waals surface area (Å²) in [4.78, 5) is 13.8. The van der Waals surface area contributed by atoms with Crippen molar-refractivity contribution in [2.24, 2.45) is 5.92 Å². The van der Waals surface area contributed by atoms with Gasteiger partial charge in [0.1, 0.15) is 5.75 Å². The molecule has 3 heterocycles. The van der Waals surface area contributed by atoms with E-state index in [0.29, 0.717) is 25.0 Å². The number of carbonyl (C=O) groups excluding carboxylic acids is 1. The third kappa shape index (κ3) is 2.29. The zero-order valence-corrected chi connectivity index (χ0v) is 13.7. The molecule has 0 bridgehead atoms. The van der Waals surface area contributed by atoms with Gasteiger partial charge in [-0.2, -0.15) is 0 Å². The Morgan fingerprint density at radius 2 is 2.23 bits per heavy atom. The van der Waals surface area contributed by atoms with E-state index in [0.717, 1.165) is 30.4 Å². The molecule has 0 aliphatic carbocycles. The quantitative estimate of drug-likeness (QED) is 0.909. The normalized spacial score (nSPS) is 29.1. The molecule has 0 aromatic heterocycles. The fourth-order valence-electron chi connectivity index (χ4n) is 3.98. The summed E-state index contributed by atoms with van der Waals surface area (Å²) in [5.74, 6) is 1.66. The molecular weight excluding hydrogens is 300 g/mol. The van der Waals surface area contributed by atoms with Crippen molar-refractivity contribution in [1.82, 2.24) is 10.2 Å². The molecule has 0 saturated carbocycles. The topological polar surface area (TPSA) is 41.6 Å². The summed E-state index contributed by atoms with van der Waals surface area (Å²) >= 11 is 6.33. The second-order valence-electron chi connectivity index (χ2n) is 7.45. The SMILES string of the molecule is CC1(C)COc2c(CN3C[C@@H]4CC(=O)N[C@@H]4C3)cc(Cl)cc21. The first-order chi connectivity index (χ1) is 10.4. The highest BCUT2D eigenvalue weighted by molar-refractivity contribution is 6.30. The van der Waals surface area contributed by atoms with Gasteiger partial charge in [-0.3, -0.25) is 9.69 Å². The average molecular weight is 321 g/mol. The van der Waals surface area contributed by atoms with E-state index in [1.54, 1.807) is 0 Å². The van der Waals surface area contributed by atoms with Crippen molar-refractivity contribution in [3.05, 3.63) is 28.3 Å². The number of likely N-dealkylation sites (tertiary alicyclic amines) is 1. The lowest BCUT2D eigenvalue weighted by atomic mass is 9.86. The minimum atomic E-state index is 0.0183. The predicted octanol–water partition coefficient (Wildman–Crippen LogP) is 2.33. The van der Waals surface area contributed by atoms with Crippen molar-refractivity contribution in [1.29, 1.82) is 0 Å². The number of rotatable bonds is 2. The Morgan fingerprint density at radius 3 is 3.00 bits per heavy atom. The molecule has 118 valence electrons. The molecular formula is C17H21ClN2O2. The third-order valence-corrected chi connectivity index (χ3v) is 5.36. The Kier molecular flexibility index (Phi) is 3.17. The van der Waals surface area contributed by atoms with Gasteiger partial charge >= 0.3 is 0 Å². The number of amides is 1. The molecule has 22 heavy (non-hydrogen) atoms. The van der Waals surface area contributed by atoms with Gasteiger partial charge in [0.15, 0.2) is 0 Å². The molecule has 0 unspecified atom stereocenters. The fraction of sp³-hybridized carbons (Fsp3) is 0.588. The zero-order valence-electron chi connectivity index (χ0n) is 13.0. The minimum absolute atomic E-state index is 0.0183. The van der Waals surface area contributed by atoms with Crippen LogP contribution in [0.2, 0.25) is 5.02 Å². The summed E-state index contributed by atoms with van der Waals surface area (Å²) in [5, 5.41) is 3.85. The summed E-state index contributed by atoms with van der Waals surface area (Å²) in [6.45, 7) is 7.80. The maximum atomic E-state index is 11.4. The number of hydrogen-bond acceptors (Lipinski definition) is 3. The standard InChI is InChI=1S/C17H21ClN2O2/c1-17(2)9-22-16-11(3-12(18)5-13(16)17)7-20-6-10-4-15(21)19-14(10)8-20/h3,5,10,14H,4,6-9H2,1-2H3,(H,19,21)/t10-,14+/m0/s1. The second-order valence-corrected chi connectivity index (χ2v) is 7.88. The molecule has 1 amide bonds. The van der Waals surface area contributed by atoms with E-state index < -0.39 is 0 Å². The van der Waals surface area contributed by atoms with Crippen LogP contribution in [0.25, 0.3) is 0 Å². The number of carbonyl (C=O) groups is 1. The molecule has 2 fully saturated rings. The van der Waals surface area contributed by atoms with Gasteiger partial charge in [-0.05, 0) is 12.1 Å². The van der Waals surface area contributed by atoms with E-state index in [2.05, 4.69) is 24.1 Å². The summed E-state index contributed by atoms with van der Waals surface area (Å²) < 4.78 is 5.97. The van der Waals surface area contributed by atoms with Gasteiger partial charge in [0.2, 0.25) is 5.91 Å². The van der Waals surface area contributed by atoms with Gasteiger partial charge in [0, 0.05) is 59.6 Å². The first kappa shape index (κ1) is 14.3. The highest BCUT2D eigenvalue weighted by Crippen LogP contribution is 2.43. The zero-order chi connectivity index (χ0) is 15.5. The van der Waals surface area contributed by atoms with Crippen molar-refractivity contribution in [3.63, 3.8) is 0 Å². The van der Waals surface area contributed by atoms with Crippen molar-refractivity contribution in [3.8, 4) is 5.75 Å². The van der Waals surface area contributed by atoms with Crippen LogP contribution in [0.3, 0.4) is 0 Å². The minimum Gasteiger partial charge on any atom is -0.492 e. The average Bonchev–Trinajstić information content (AvgIpc) is 3.02. The van der Waals surface area contributed by atoms with Gasteiger partial charge in [0.05, 0.1) is 6.61 Å². The molecule has 1 N–H and O–H groups in total. The monoisotopic (exact) mass is 320 g/mol. The molecule has 0 spiro atoms. The van der Waals surface area contributed by atoms with Gasteiger partial charge in [-0.25, -0.2) is 0 Å². The van der Waals surface area contributed by atoms with Gasteiger partial charge in [-0.15, -0.1) is 0 Å². The van der Waals surface area contributed by atoms with Crippen LogP contribution >= 0.6 is 11.6 Å². The Labute approximate surface area is 135 Å². The van der Waals surface area contributed by atoms with E-state index in [9.17, 15) is 4.79 Å². The number of nitrogens with zero attached hydrogens (tertiary/aromatic N) is 1. The number of ether oxygens (including phenoxy) is 1. The Hall–Kier alpha value is -1.26. The Bertz CT molecular complexity index is 628. The maximum Gasteiger partial charge on any atom is 0.220 e. The van der Waals surface area contributed by atoms with E-state index in [1.165, 1.54) is 11.1 Å². The molecule has 3 aliphatic heterocycles. The number of benzene rings is 1. The number of fused-ring (bicyclic) bond motifs is 2. The van der Waals surface area contributed by atoms with E-state index in [1.807, 2.05) is 12.1 Å². The van der Waals surface area contributed by atoms with Crippen LogP contribution in [-0.4, -0.2) is 36.5 Å². The lowest BCUT2D eigenvalue weighted by Crippen LogP contribution is -2.32. The molecule has 1 aromatic carbocycles. The van der Waals surface area contributed by atoms with Crippen LogP contribution in [0.5, 0.6) is 5.75 Å². The molecule has 1 aromatic rings. The number of halogens is 1. The Morgan fingerprint density at radius 1 is 1.41 bits per heavy atom. The largest absolute Gasteiger partial charge is 0.492 e. The molecule has 5 heteroatoms. The van der Waals surface area contributed by atoms with E-state index in [4.69, 9.17) is 16.3 Å². The first-order valence-corrected chi connectivity index (χ1v) is 8.27. The summed E-state index contributed by atoms with van der Waals surface area (Å²) in [7, 11) is 0. The second kappa shape index (κ2) is 4.87. The third-order valence-electron chi connectivity index (χ3n) is 5.14. The molecule has 3 aliphatic rings. The Balaban J connectivity index is 1.56. The van der Waals surface area contributed by atoms with Crippen LogP contribution < -0.4 is 10.1 Å². The van der Waals surface area contributed by atoms with Crippen LogP contribution in [0.15, 0.2) is 12.1 Å². The first-order valence-electron chi connectivity index (χ1n) is 7.90. The van der Waals surface area contributed by atoms with Crippen molar-refractivity contribution < 1.29 is 9.53 Å². The molecule has 4 rings (SSSR count). The lowest BCUT2D eigenvalue weighted by molar-refractivity contribution is -0.119. The van der Waals surface area contributed by atoms with Gasteiger partial charge in [0.25, 0.3) is 0 Å². The highest BCUT2D eigenvalue weighted by atomic mass is 35.5. The van der Waals surface area contributed by atoms with Gasteiger partial charge < -0.3 is 10.1 Å². The van der Waals surface area contributed by atoms with Crippen LogP contribution in [-0.2, 0) is 16.8 Å². The summed E-state index contributed by atoms with van der Waals surface area (Å²) in [6, 6.07) is 4.37. The fourth-order valence-corrected chi connectivity index (χ4v) is 4.22. The number of hydrogen-bond donors (Lipinski definition) is 1. The molecule has 2 saturated heterocycles. The van der Waals surface area contributed by atoms with E-state index in [-0.39, 0.29) is 11.3 Å². The molecule has 2 atom stereocenters. The van der Waals surface area contributed by atoms with Crippen LogP contribution in [0.4, 0.5) is 0 Å². The van der Waals surface area contributed by atoms with Crippen molar-refractivity contribution in [2.45, 2.75) is 38.3 Å². The van der Waals surface area contributed by atoms with Gasteiger partial charge in [-0.1, -0.05) is 25.4 Å². The summed E-state index contributed by atoms with van der Waals surface area (Å²) in [5.41, 5.74) is 2.40. The lowest BCUT2D eigenvalue weighted by Gasteiger charge is -2.20. The molecule has 0 radical (unpaired) electrons. The predicted molar refractivity (Wildman–Crippen MR) is 85.3 cm³/mol. The van der Waals surface area contributed by atoms with E-state index >= 15 is 0 Å².